The van der Waals surface area contributed by atoms with Crippen LogP contribution < -0.4 is 0 Å². The molecule has 1 nitrogen and oxygen atoms in total. The average Bonchev–Trinajstić information content (AvgIpc) is 2.50. The predicted octanol–water partition coefficient (Wildman–Crippen LogP) is 7.07. The summed E-state index contributed by atoms with van der Waals surface area (Å²) in [5, 5.41) is 11.0. The van der Waals surface area contributed by atoms with E-state index in [1.54, 1.807) is 0 Å². The van der Waals surface area contributed by atoms with Gasteiger partial charge in [-0.1, -0.05) is 66.7 Å². The number of phenols is 1. The van der Waals surface area contributed by atoms with Crippen molar-refractivity contribution >= 4 is 0 Å². The number of aromatic hydroxyl groups is 1. The number of phenolic OH excluding ortho intramolecular Hbond substituents is 1. The summed E-state index contributed by atoms with van der Waals surface area (Å²) in [5.41, 5.74) is 10.3. The van der Waals surface area contributed by atoms with Crippen molar-refractivity contribution in [3.63, 3.8) is 0 Å². The lowest BCUT2D eigenvalue weighted by atomic mass is 9.77. The molecule has 148 valence electrons. The Morgan fingerprint density at radius 1 is 0.741 bits per heavy atom. The van der Waals surface area contributed by atoms with Crippen LogP contribution in [0.4, 0.5) is 0 Å². The van der Waals surface area contributed by atoms with E-state index >= 15 is 0 Å². The van der Waals surface area contributed by atoms with Crippen LogP contribution in [0.15, 0.2) is 18.2 Å². The first-order valence-electron chi connectivity index (χ1n) is 10.2. The summed E-state index contributed by atoms with van der Waals surface area (Å²) in [6, 6.07) is 6.76. The van der Waals surface area contributed by atoms with Gasteiger partial charge in [0, 0.05) is 0 Å². The van der Waals surface area contributed by atoms with E-state index in [0.29, 0.717) is 5.75 Å². The molecule has 0 spiro atoms. The van der Waals surface area contributed by atoms with Gasteiger partial charge in [0.25, 0.3) is 0 Å². The van der Waals surface area contributed by atoms with E-state index in [2.05, 4.69) is 87.4 Å². The molecule has 1 heteroatoms. The van der Waals surface area contributed by atoms with Gasteiger partial charge in [0.2, 0.25) is 0 Å². The van der Waals surface area contributed by atoms with E-state index < -0.39 is 0 Å². The molecule has 0 saturated carbocycles. The lowest BCUT2D eigenvalue weighted by molar-refractivity contribution is 0.423. The third-order valence-corrected chi connectivity index (χ3v) is 5.81. The molecule has 2 aromatic carbocycles. The van der Waals surface area contributed by atoms with Crippen LogP contribution in [0, 0.1) is 20.8 Å². The van der Waals surface area contributed by atoms with Gasteiger partial charge in [0.15, 0.2) is 0 Å². The molecule has 0 aromatic heterocycles. The van der Waals surface area contributed by atoms with Crippen LogP contribution in [-0.2, 0) is 23.7 Å². The topological polar surface area (TPSA) is 20.2 Å². The molecule has 0 saturated heterocycles. The van der Waals surface area contributed by atoms with E-state index in [1.807, 2.05) is 0 Å². The van der Waals surface area contributed by atoms with Crippen molar-refractivity contribution in [3.8, 4) is 5.75 Å². The molecule has 0 amide bonds. The molecule has 0 bridgehead atoms. The number of hydrogen-bond donors (Lipinski definition) is 1. The minimum absolute atomic E-state index is 0.0912. The van der Waals surface area contributed by atoms with Crippen molar-refractivity contribution in [1.82, 2.24) is 0 Å². The lowest BCUT2D eigenvalue weighted by Crippen LogP contribution is -2.18. The minimum Gasteiger partial charge on any atom is -0.507 e. The van der Waals surface area contributed by atoms with Gasteiger partial charge in [-0.2, -0.15) is 0 Å². The van der Waals surface area contributed by atoms with E-state index in [0.717, 1.165) is 24.0 Å². The van der Waals surface area contributed by atoms with Crippen LogP contribution in [0.3, 0.4) is 0 Å². The van der Waals surface area contributed by atoms with Gasteiger partial charge in [-0.25, -0.2) is 0 Å². The van der Waals surface area contributed by atoms with Crippen LogP contribution in [0.2, 0.25) is 0 Å². The summed E-state index contributed by atoms with van der Waals surface area (Å²) < 4.78 is 0. The van der Waals surface area contributed by atoms with Gasteiger partial charge in [-0.15, -0.1) is 0 Å². The third-order valence-electron chi connectivity index (χ3n) is 5.81. The van der Waals surface area contributed by atoms with Crippen LogP contribution in [-0.4, -0.2) is 5.11 Å². The molecule has 1 N–H and O–H groups in total. The Kier molecular flexibility index (Phi) is 5.85. The van der Waals surface area contributed by atoms with Crippen LogP contribution in [0.25, 0.3) is 0 Å². The van der Waals surface area contributed by atoms with Gasteiger partial charge in [0.05, 0.1) is 0 Å². The van der Waals surface area contributed by atoms with Gasteiger partial charge >= 0.3 is 0 Å². The molecular formula is C26H38O. The maximum absolute atomic E-state index is 11.0. The smallest absolute Gasteiger partial charge is 0.123 e. The molecule has 0 atom stereocenters. The summed E-state index contributed by atoms with van der Waals surface area (Å²) in [6.07, 6.45) is 1.98. The van der Waals surface area contributed by atoms with E-state index in [-0.39, 0.29) is 10.8 Å². The molecule has 27 heavy (non-hydrogen) atoms. The molecule has 0 unspecified atom stereocenters. The Bertz CT molecular complexity index is 807. The second kappa shape index (κ2) is 7.34. The fourth-order valence-electron chi connectivity index (χ4n) is 4.23. The maximum Gasteiger partial charge on any atom is 0.123 e. The zero-order chi connectivity index (χ0) is 20.7. The summed E-state index contributed by atoms with van der Waals surface area (Å²) in [5.74, 6) is 0.463. The standard InChI is InChI=1S/C26H38O/c1-11-20-16(2)12-17(3)21(18(20)4)13-19-14-22(25(5,6)7)24(27)23(15-19)26(8,9)10/h12,14-15,27H,11,13H2,1-10H3. The molecule has 0 aliphatic carbocycles. The molecule has 0 radical (unpaired) electrons. The van der Waals surface area contributed by atoms with Crippen molar-refractivity contribution in [3.05, 3.63) is 62.7 Å². The van der Waals surface area contributed by atoms with Crippen molar-refractivity contribution in [2.75, 3.05) is 0 Å². The van der Waals surface area contributed by atoms with Gasteiger partial charge in [-0.3, -0.25) is 0 Å². The van der Waals surface area contributed by atoms with Crippen LogP contribution in [0.1, 0.15) is 93.0 Å². The van der Waals surface area contributed by atoms with Gasteiger partial charge in [0.1, 0.15) is 5.75 Å². The third kappa shape index (κ3) is 4.39. The fourth-order valence-corrected chi connectivity index (χ4v) is 4.23. The number of hydrogen-bond acceptors (Lipinski definition) is 1. The summed E-state index contributed by atoms with van der Waals surface area (Å²) in [6.45, 7) is 22.0. The Morgan fingerprint density at radius 3 is 1.59 bits per heavy atom. The first kappa shape index (κ1) is 21.5. The van der Waals surface area contributed by atoms with Crippen molar-refractivity contribution in [1.29, 1.82) is 0 Å². The maximum atomic E-state index is 11.0. The number of benzene rings is 2. The zero-order valence-corrected chi connectivity index (χ0v) is 19.1. The largest absolute Gasteiger partial charge is 0.507 e. The van der Waals surface area contributed by atoms with Crippen molar-refractivity contribution < 1.29 is 5.11 Å². The lowest BCUT2D eigenvalue weighted by Gasteiger charge is -2.28. The average molecular weight is 367 g/mol. The van der Waals surface area contributed by atoms with Crippen LogP contribution >= 0.6 is 0 Å². The molecule has 0 heterocycles. The van der Waals surface area contributed by atoms with Crippen molar-refractivity contribution in [2.24, 2.45) is 0 Å². The van der Waals surface area contributed by atoms with Gasteiger partial charge in [-0.05, 0) is 89.0 Å². The predicted molar refractivity (Wildman–Crippen MR) is 118 cm³/mol. The Balaban J connectivity index is 2.68. The summed E-state index contributed by atoms with van der Waals surface area (Å²) in [7, 11) is 0. The second-order valence-corrected chi connectivity index (χ2v) is 10.2. The Morgan fingerprint density at radius 2 is 1.19 bits per heavy atom. The molecule has 0 aliphatic heterocycles. The molecule has 0 aliphatic rings. The van der Waals surface area contributed by atoms with E-state index in [9.17, 15) is 5.11 Å². The Labute approximate surface area is 166 Å². The Hall–Kier alpha value is -1.76. The first-order chi connectivity index (χ1) is 12.3. The van der Waals surface area contributed by atoms with Crippen molar-refractivity contribution in [2.45, 2.75) is 92.9 Å². The monoisotopic (exact) mass is 366 g/mol. The minimum atomic E-state index is -0.0912. The van der Waals surface area contributed by atoms with E-state index in [4.69, 9.17) is 0 Å². The zero-order valence-electron chi connectivity index (χ0n) is 19.1. The van der Waals surface area contributed by atoms with Crippen LogP contribution in [0.5, 0.6) is 5.75 Å². The molecule has 2 rings (SSSR count). The molecule has 0 fully saturated rings. The fraction of sp³-hybridized carbons (Fsp3) is 0.538. The molecular weight excluding hydrogens is 328 g/mol. The highest BCUT2D eigenvalue weighted by molar-refractivity contribution is 5.52. The first-order valence-corrected chi connectivity index (χ1v) is 10.2. The second-order valence-electron chi connectivity index (χ2n) is 10.2. The summed E-state index contributed by atoms with van der Waals surface area (Å²) in [4.78, 5) is 0. The number of aryl methyl sites for hydroxylation is 2. The normalized spacial score (nSPS) is 12.5. The van der Waals surface area contributed by atoms with Gasteiger partial charge < -0.3 is 5.11 Å². The van der Waals surface area contributed by atoms with E-state index in [1.165, 1.54) is 33.4 Å². The molecule has 2 aromatic rings. The number of rotatable bonds is 3. The quantitative estimate of drug-likeness (QED) is 0.616. The highest BCUT2D eigenvalue weighted by Crippen LogP contribution is 2.40. The SMILES string of the molecule is CCc1c(C)cc(C)c(Cc2cc(C(C)(C)C)c(O)c(C(C)(C)C)c2)c1C. The summed E-state index contributed by atoms with van der Waals surface area (Å²) >= 11 is 0. The highest BCUT2D eigenvalue weighted by Gasteiger charge is 2.26. The highest BCUT2D eigenvalue weighted by atomic mass is 16.3.